The van der Waals surface area contributed by atoms with Crippen LogP contribution in [0.25, 0.3) is 0 Å². The van der Waals surface area contributed by atoms with Crippen LogP contribution in [-0.2, 0) is 9.59 Å². The standard InChI is InChI=1S/C6H11ClO5.C6H12O6/c2*7-1-3(9)5(11)6(12)4(10)2-8/h2-6,9-12H,1H2;1,3-6,8-12H,2H2/t3-,4+,5-,6-;3-,4+,5+,6-/m10/s1. The molecule has 0 saturated carbocycles. The predicted octanol–water partition coefficient (Wildman–Crippen LogP) is -5.51. The topological polar surface area (TPSA) is 216 Å². The Kier molecular flexibility index (Phi) is 14.4. The average molecular weight is 379 g/mol. The summed E-state index contributed by atoms with van der Waals surface area (Å²) < 4.78 is 0. The van der Waals surface area contributed by atoms with Crippen molar-refractivity contribution in [3.05, 3.63) is 0 Å². The molecule has 0 unspecified atom stereocenters. The van der Waals surface area contributed by atoms with Crippen molar-refractivity contribution in [3.8, 4) is 0 Å². The summed E-state index contributed by atoms with van der Waals surface area (Å²) >= 11 is 5.15. The van der Waals surface area contributed by atoms with E-state index in [4.69, 9.17) is 57.6 Å². The highest BCUT2D eigenvalue weighted by Gasteiger charge is 2.30. The van der Waals surface area contributed by atoms with Gasteiger partial charge in [-0.05, 0) is 0 Å². The molecule has 0 aliphatic rings. The Balaban J connectivity index is 0. The molecule has 0 spiro atoms. The van der Waals surface area contributed by atoms with E-state index >= 15 is 0 Å². The first-order chi connectivity index (χ1) is 11.1. The zero-order chi connectivity index (χ0) is 19.4. The third-order valence-electron chi connectivity index (χ3n) is 2.81. The summed E-state index contributed by atoms with van der Waals surface area (Å²) in [7, 11) is 0. The smallest absolute Gasteiger partial charge is 0.151 e. The largest absolute Gasteiger partial charge is 0.394 e. The minimum Gasteiger partial charge on any atom is -0.394 e. The molecule has 0 aromatic heterocycles. The lowest BCUT2D eigenvalue weighted by Gasteiger charge is -2.22. The summed E-state index contributed by atoms with van der Waals surface area (Å²) in [6, 6.07) is 0. The molecule has 0 aliphatic carbocycles. The molecule has 0 saturated heterocycles. The van der Waals surface area contributed by atoms with Gasteiger partial charge in [0.05, 0.1) is 18.6 Å². The summed E-state index contributed by atoms with van der Waals surface area (Å²) in [5.41, 5.74) is 0. The van der Waals surface area contributed by atoms with Crippen LogP contribution in [0, 0.1) is 0 Å². The van der Waals surface area contributed by atoms with Crippen LogP contribution in [0.4, 0.5) is 0 Å². The van der Waals surface area contributed by atoms with Crippen LogP contribution in [0.2, 0.25) is 0 Å². The van der Waals surface area contributed by atoms with Crippen LogP contribution >= 0.6 is 11.6 Å². The Morgan fingerprint density at radius 2 is 1.00 bits per heavy atom. The number of carbonyl (C=O) groups excluding carboxylic acids is 2. The van der Waals surface area contributed by atoms with Gasteiger partial charge in [-0.25, -0.2) is 0 Å². The van der Waals surface area contributed by atoms with Crippen LogP contribution in [0.3, 0.4) is 0 Å². The van der Waals surface area contributed by atoms with E-state index in [-0.39, 0.29) is 18.5 Å². The molecule has 9 N–H and O–H groups in total. The van der Waals surface area contributed by atoms with Crippen molar-refractivity contribution in [1.29, 1.82) is 0 Å². The molecule has 8 atom stereocenters. The lowest BCUT2D eigenvalue weighted by Crippen LogP contribution is -2.46. The summed E-state index contributed by atoms with van der Waals surface area (Å²) in [5.74, 6) is -0.288. The van der Waals surface area contributed by atoms with Gasteiger partial charge < -0.3 is 55.5 Å². The normalized spacial score (nSPS) is 21.1. The quantitative estimate of drug-likeness (QED) is 0.129. The molecule has 0 heterocycles. The van der Waals surface area contributed by atoms with Crippen molar-refractivity contribution in [3.63, 3.8) is 0 Å². The van der Waals surface area contributed by atoms with Gasteiger partial charge in [0.25, 0.3) is 0 Å². The van der Waals surface area contributed by atoms with Crippen LogP contribution in [0.15, 0.2) is 0 Å². The van der Waals surface area contributed by atoms with Crippen LogP contribution in [0.5, 0.6) is 0 Å². The van der Waals surface area contributed by atoms with Gasteiger partial charge in [-0.2, -0.15) is 0 Å². The molecule has 0 amide bonds. The van der Waals surface area contributed by atoms with E-state index in [1.54, 1.807) is 0 Å². The molecular formula is C12H23ClO11. The first-order valence-corrected chi connectivity index (χ1v) is 7.14. The van der Waals surface area contributed by atoms with Crippen molar-refractivity contribution in [1.82, 2.24) is 0 Å². The number of alkyl halides is 1. The molecule has 0 aliphatic heterocycles. The molecule has 0 rings (SSSR count). The summed E-state index contributed by atoms with van der Waals surface area (Å²) in [6.07, 6.45) is -13.2. The fourth-order valence-electron chi connectivity index (χ4n) is 1.22. The molecule has 0 radical (unpaired) electrons. The van der Waals surface area contributed by atoms with E-state index in [1.807, 2.05) is 0 Å². The summed E-state index contributed by atoms with van der Waals surface area (Å²) in [6.45, 7) is -0.760. The van der Waals surface area contributed by atoms with E-state index in [9.17, 15) is 9.59 Å². The fourth-order valence-corrected chi connectivity index (χ4v) is 1.40. The van der Waals surface area contributed by atoms with Crippen molar-refractivity contribution in [2.75, 3.05) is 12.5 Å². The second-order valence-corrected chi connectivity index (χ2v) is 5.00. The van der Waals surface area contributed by atoms with Gasteiger partial charge in [-0.15, -0.1) is 11.6 Å². The fraction of sp³-hybridized carbons (Fsp3) is 0.833. The maximum absolute atomic E-state index is 9.93. The van der Waals surface area contributed by atoms with Crippen LogP contribution in [-0.4, -0.2) is 120 Å². The van der Waals surface area contributed by atoms with E-state index in [0.717, 1.165) is 0 Å². The van der Waals surface area contributed by atoms with Gasteiger partial charge >= 0.3 is 0 Å². The van der Waals surface area contributed by atoms with Crippen molar-refractivity contribution >= 4 is 24.2 Å². The molecule has 24 heavy (non-hydrogen) atoms. The highest BCUT2D eigenvalue weighted by Crippen LogP contribution is 2.05. The Bertz CT molecular complexity index is 313. The molecule has 11 nitrogen and oxygen atoms in total. The van der Waals surface area contributed by atoms with Crippen LogP contribution < -0.4 is 0 Å². The number of aliphatic hydroxyl groups excluding tert-OH is 9. The molecule has 0 aromatic rings. The predicted molar refractivity (Wildman–Crippen MR) is 78.0 cm³/mol. The van der Waals surface area contributed by atoms with Gasteiger partial charge in [-0.1, -0.05) is 0 Å². The van der Waals surface area contributed by atoms with Gasteiger partial charge in [0.15, 0.2) is 12.6 Å². The molecule has 0 fully saturated rings. The van der Waals surface area contributed by atoms with Gasteiger partial charge in [0.1, 0.15) is 42.7 Å². The first-order valence-electron chi connectivity index (χ1n) is 6.60. The van der Waals surface area contributed by atoms with Gasteiger partial charge in [-0.3, -0.25) is 0 Å². The number of hydrogen-bond donors (Lipinski definition) is 9. The number of hydrogen-bond acceptors (Lipinski definition) is 11. The Labute approximate surface area is 142 Å². The highest BCUT2D eigenvalue weighted by atomic mass is 35.5. The zero-order valence-electron chi connectivity index (χ0n) is 12.4. The molecule has 0 aromatic carbocycles. The first kappa shape index (κ1) is 25.5. The van der Waals surface area contributed by atoms with Crippen molar-refractivity contribution < 1.29 is 55.5 Å². The SMILES string of the molecule is O=C[C@H](O)[C@@H](O)[C@@H](O)[C@H](O)CO.O=C[C@H](O)[C@@H](O)[C@H](O)[C@H](O)CCl. The Morgan fingerprint density at radius 1 is 0.667 bits per heavy atom. The molecule has 12 heteroatoms. The van der Waals surface area contributed by atoms with Crippen LogP contribution in [0.1, 0.15) is 0 Å². The van der Waals surface area contributed by atoms with Gasteiger partial charge in [0.2, 0.25) is 0 Å². The number of carbonyl (C=O) groups is 2. The number of halogens is 1. The van der Waals surface area contributed by atoms with Crippen molar-refractivity contribution in [2.45, 2.75) is 48.8 Å². The van der Waals surface area contributed by atoms with E-state index in [1.165, 1.54) is 0 Å². The maximum Gasteiger partial charge on any atom is 0.151 e. The number of aliphatic hydroxyl groups is 9. The third-order valence-corrected chi connectivity index (χ3v) is 3.13. The van der Waals surface area contributed by atoms with Gasteiger partial charge in [0, 0.05) is 0 Å². The van der Waals surface area contributed by atoms with E-state index in [2.05, 4.69) is 0 Å². The summed E-state index contributed by atoms with van der Waals surface area (Å²) in [4.78, 5) is 19.8. The minimum atomic E-state index is -1.79. The van der Waals surface area contributed by atoms with E-state index < -0.39 is 55.4 Å². The lowest BCUT2D eigenvalue weighted by atomic mass is 10.0. The zero-order valence-corrected chi connectivity index (χ0v) is 13.2. The number of aldehydes is 2. The Hall–Kier alpha value is -0.730. The third kappa shape index (κ3) is 8.94. The maximum atomic E-state index is 9.93. The minimum absolute atomic E-state index is 0.0258. The summed E-state index contributed by atoms with van der Waals surface area (Å²) in [5, 5.41) is 79.0. The monoisotopic (exact) mass is 378 g/mol. The van der Waals surface area contributed by atoms with E-state index in [0.29, 0.717) is 0 Å². The highest BCUT2D eigenvalue weighted by molar-refractivity contribution is 6.18. The number of rotatable bonds is 10. The molecule has 144 valence electrons. The Morgan fingerprint density at radius 3 is 1.25 bits per heavy atom. The second kappa shape index (κ2) is 13.5. The molecular weight excluding hydrogens is 356 g/mol. The lowest BCUT2D eigenvalue weighted by molar-refractivity contribution is -0.136. The van der Waals surface area contributed by atoms with Crippen molar-refractivity contribution in [2.24, 2.45) is 0 Å². The average Bonchev–Trinajstić information content (AvgIpc) is 2.62. The second-order valence-electron chi connectivity index (χ2n) is 4.69. The molecule has 0 bridgehead atoms.